The fraction of sp³-hybridized carbons (Fsp3) is 1.00. The molecule has 1 atom stereocenters. The van der Waals surface area contributed by atoms with Crippen molar-refractivity contribution in [2.45, 2.75) is 64.6 Å². The summed E-state index contributed by atoms with van der Waals surface area (Å²) in [6.45, 7) is 9.92. The second kappa shape index (κ2) is 8.06. The number of nitrogens with one attached hydrogen (secondary N) is 1. The molecule has 1 aliphatic rings. The summed E-state index contributed by atoms with van der Waals surface area (Å²) < 4.78 is 11.7. The van der Waals surface area contributed by atoms with Gasteiger partial charge in [0.05, 0.1) is 18.3 Å². The van der Waals surface area contributed by atoms with Gasteiger partial charge < -0.3 is 14.8 Å². The summed E-state index contributed by atoms with van der Waals surface area (Å²) in [7, 11) is 0. The molecule has 17 heavy (non-hydrogen) atoms. The third kappa shape index (κ3) is 5.36. The predicted octanol–water partition coefficient (Wildman–Crippen LogP) is 2.74. The Morgan fingerprint density at radius 3 is 2.53 bits per heavy atom. The number of hydrogen-bond acceptors (Lipinski definition) is 3. The predicted molar refractivity (Wildman–Crippen MR) is 71.4 cm³/mol. The summed E-state index contributed by atoms with van der Waals surface area (Å²) in [4.78, 5) is 0. The summed E-state index contributed by atoms with van der Waals surface area (Å²) in [5, 5.41) is 3.51. The first-order valence-corrected chi connectivity index (χ1v) is 7.18. The van der Waals surface area contributed by atoms with Gasteiger partial charge in [-0.15, -0.1) is 0 Å². The molecule has 1 rings (SSSR count). The van der Waals surface area contributed by atoms with Crippen molar-refractivity contribution < 1.29 is 9.47 Å². The Morgan fingerprint density at radius 2 is 1.94 bits per heavy atom. The quantitative estimate of drug-likeness (QED) is 0.632. The Kier molecular flexibility index (Phi) is 7.09. The maximum atomic E-state index is 6.26. The van der Waals surface area contributed by atoms with Crippen LogP contribution in [0.5, 0.6) is 0 Å². The first-order chi connectivity index (χ1) is 8.22. The molecule has 0 aromatic carbocycles. The molecule has 102 valence electrons. The van der Waals surface area contributed by atoms with Gasteiger partial charge in [-0.05, 0) is 39.7 Å². The van der Waals surface area contributed by atoms with Gasteiger partial charge in [0.15, 0.2) is 0 Å². The summed E-state index contributed by atoms with van der Waals surface area (Å²) in [5.74, 6) is 0. The fourth-order valence-electron chi connectivity index (χ4n) is 2.59. The molecule has 0 aliphatic heterocycles. The van der Waals surface area contributed by atoms with Gasteiger partial charge in [0.2, 0.25) is 0 Å². The van der Waals surface area contributed by atoms with Crippen LogP contribution in [0.4, 0.5) is 0 Å². The van der Waals surface area contributed by atoms with Crippen LogP contribution in [0.2, 0.25) is 0 Å². The molecule has 0 spiro atoms. The van der Waals surface area contributed by atoms with Gasteiger partial charge in [0.25, 0.3) is 0 Å². The van der Waals surface area contributed by atoms with Gasteiger partial charge >= 0.3 is 0 Å². The molecule has 1 aliphatic carbocycles. The number of rotatable bonds is 9. The van der Waals surface area contributed by atoms with Crippen LogP contribution in [0.25, 0.3) is 0 Å². The van der Waals surface area contributed by atoms with Gasteiger partial charge in [-0.1, -0.05) is 19.8 Å². The van der Waals surface area contributed by atoms with E-state index < -0.39 is 0 Å². The molecule has 1 saturated carbocycles. The maximum absolute atomic E-state index is 6.26. The molecule has 0 amide bonds. The first kappa shape index (κ1) is 14.9. The van der Waals surface area contributed by atoms with E-state index >= 15 is 0 Å². The van der Waals surface area contributed by atoms with Crippen molar-refractivity contribution in [3.63, 3.8) is 0 Å². The summed E-state index contributed by atoms with van der Waals surface area (Å²) in [5.41, 5.74) is 0.0751. The second-order valence-corrected chi connectivity index (χ2v) is 5.15. The zero-order valence-corrected chi connectivity index (χ0v) is 11.8. The highest BCUT2D eigenvalue weighted by Crippen LogP contribution is 2.33. The molecular formula is C14H29NO2. The van der Waals surface area contributed by atoms with Gasteiger partial charge in [0.1, 0.15) is 0 Å². The van der Waals surface area contributed by atoms with E-state index in [0.29, 0.717) is 6.61 Å². The minimum Gasteiger partial charge on any atom is -0.379 e. The normalized spacial score (nSPS) is 20.6. The summed E-state index contributed by atoms with van der Waals surface area (Å²) in [6.07, 6.45) is 6.38. The Hall–Kier alpha value is -0.120. The number of hydrogen-bond donors (Lipinski definition) is 1. The molecule has 1 unspecified atom stereocenters. The molecule has 0 radical (unpaired) electrons. The Bertz CT molecular complexity index is 191. The minimum atomic E-state index is 0.0751. The molecule has 0 aromatic rings. The fourth-order valence-corrected chi connectivity index (χ4v) is 2.59. The van der Waals surface area contributed by atoms with Crippen LogP contribution in [-0.4, -0.2) is 38.0 Å². The van der Waals surface area contributed by atoms with Crippen molar-refractivity contribution in [1.29, 1.82) is 0 Å². The van der Waals surface area contributed by atoms with Gasteiger partial charge in [-0.25, -0.2) is 0 Å². The molecule has 3 nitrogen and oxygen atoms in total. The van der Waals surface area contributed by atoms with Crippen LogP contribution < -0.4 is 5.32 Å². The van der Waals surface area contributed by atoms with Crippen molar-refractivity contribution in [3.8, 4) is 0 Å². The highest BCUT2D eigenvalue weighted by molar-refractivity contribution is 4.89. The summed E-state index contributed by atoms with van der Waals surface area (Å²) >= 11 is 0. The van der Waals surface area contributed by atoms with E-state index in [2.05, 4.69) is 19.2 Å². The van der Waals surface area contributed by atoms with Crippen molar-refractivity contribution in [3.05, 3.63) is 0 Å². The third-order valence-corrected chi connectivity index (χ3v) is 3.40. The van der Waals surface area contributed by atoms with E-state index in [9.17, 15) is 0 Å². The third-order valence-electron chi connectivity index (χ3n) is 3.40. The molecule has 0 bridgehead atoms. The molecular weight excluding hydrogens is 214 g/mol. The van der Waals surface area contributed by atoms with Crippen LogP contribution in [0.1, 0.15) is 52.9 Å². The van der Waals surface area contributed by atoms with Gasteiger partial charge in [-0.2, -0.15) is 0 Å². The van der Waals surface area contributed by atoms with Crippen LogP contribution in [0.15, 0.2) is 0 Å². The van der Waals surface area contributed by atoms with Gasteiger partial charge in [-0.3, -0.25) is 0 Å². The molecule has 0 aromatic heterocycles. The molecule has 0 saturated heterocycles. The van der Waals surface area contributed by atoms with E-state index in [-0.39, 0.29) is 11.7 Å². The Morgan fingerprint density at radius 1 is 1.24 bits per heavy atom. The van der Waals surface area contributed by atoms with Crippen molar-refractivity contribution >= 4 is 0 Å². The lowest BCUT2D eigenvalue weighted by molar-refractivity contribution is -0.106. The molecule has 1 fully saturated rings. The molecule has 0 heterocycles. The van der Waals surface area contributed by atoms with Crippen LogP contribution >= 0.6 is 0 Å². The lowest BCUT2D eigenvalue weighted by Gasteiger charge is -2.33. The first-order valence-electron chi connectivity index (χ1n) is 7.18. The topological polar surface area (TPSA) is 30.5 Å². The highest BCUT2D eigenvalue weighted by Gasteiger charge is 2.35. The van der Waals surface area contributed by atoms with Crippen LogP contribution in [0.3, 0.4) is 0 Å². The SMILES string of the molecule is CCCNCC1(OC(C)COCC)CCCC1. The highest BCUT2D eigenvalue weighted by atomic mass is 16.5. The average molecular weight is 243 g/mol. The van der Waals surface area contributed by atoms with Crippen molar-refractivity contribution in [2.75, 3.05) is 26.3 Å². The van der Waals surface area contributed by atoms with E-state index in [1.807, 2.05) is 6.92 Å². The largest absolute Gasteiger partial charge is 0.379 e. The molecule has 3 heteroatoms. The van der Waals surface area contributed by atoms with Crippen molar-refractivity contribution in [1.82, 2.24) is 5.32 Å². The second-order valence-electron chi connectivity index (χ2n) is 5.15. The minimum absolute atomic E-state index is 0.0751. The maximum Gasteiger partial charge on any atom is 0.0811 e. The zero-order valence-electron chi connectivity index (χ0n) is 11.8. The van der Waals surface area contributed by atoms with E-state index in [0.717, 1.165) is 19.7 Å². The summed E-state index contributed by atoms with van der Waals surface area (Å²) in [6, 6.07) is 0. The van der Waals surface area contributed by atoms with Crippen LogP contribution in [-0.2, 0) is 9.47 Å². The van der Waals surface area contributed by atoms with E-state index in [4.69, 9.17) is 9.47 Å². The average Bonchev–Trinajstić information content (AvgIpc) is 2.75. The lowest BCUT2D eigenvalue weighted by Crippen LogP contribution is -2.44. The lowest BCUT2D eigenvalue weighted by atomic mass is 10.0. The van der Waals surface area contributed by atoms with Gasteiger partial charge in [0, 0.05) is 13.2 Å². The van der Waals surface area contributed by atoms with Crippen LogP contribution in [0, 0.1) is 0 Å². The van der Waals surface area contributed by atoms with E-state index in [1.165, 1.54) is 32.1 Å². The monoisotopic (exact) mass is 243 g/mol. The molecule has 1 N–H and O–H groups in total. The zero-order chi connectivity index (χ0) is 12.6. The smallest absolute Gasteiger partial charge is 0.0811 e. The number of ether oxygens (including phenoxy) is 2. The Balaban J connectivity index is 2.35. The Labute approximate surface area is 106 Å². The van der Waals surface area contributed by atoms with Crippen molar-refractivity contribution in [2.24, 2.45) is 0 Å². The standard InChI is InChI=1S/C14H29NO2/c1-4-10-15-12-14(8-6-7-9-14)17-13(3)11-16-5-2/h13,15H,4-12H2,1-3H3. The van der Waals surface area contributed by atoms with E-state index in [1.54, 1.807) is 0 Å².